The topological polar surface area (TPSA) is 46.3 Å². The number of halogens is 3. The molecule has 128 valence electrons. The molecule has 0 saturated carbocycles. The summed E-state index contributed by atoms with van der Waals surface area (Å²) in [4.78, 5) is 13.8. The lowest BCUT2D eigenvalue weighted by atomic mass is 10.0. The molecule has 0 aliphatic heterocycles. The molecule has 0 heterocycles. The Morgan fingerprint density at radius 2 is 1.62 bits per heavy atom. The van der Waals surface area contributed by atoms with Crippen LogP contribution in [-0.2, 0) is 23.9 Å². The summed E-state index contributed by atoms with van der Waals surface area (Å²) in [6, 6.07) is 13.4. The Labute approximate surface area is 138 Å². The van der Waals surface area contributed by atoms with Crippen LogP contribution in [0.3, 0.4) is 0 Å². The van der Waals surface area contributed by atoms with E-state index < -0.39 is 17.8 Å². The first-order valence-electron chi connectivity index (χ1n) is 7.48. The summed E-state index contributed by atoms with van der Waals surface area (Å²) < 4.78 is 37.6. The second-order valence-corrected chi connectivity index (χ2v) is 5.69. The smallest absolute Gasteiger partial charge is 0.340 e. The van der Waals surface area contributed by atoms with Gasteiger partial charge in [0.2, 0.25) is 5.91 Å². The van der Waals surface area contributed by atoms with Crippen LogP contribution in [-0.4, -0.2) is 23.9 Å². The Hall–Kier alpha value is -2.34. The molecule has 0 fully saturated rings. The molecule has 1 atom stereocenters. The predicted octanol–water partition coefficient (Wildman–Crippen LogP) is 3.23. The number of amides is 1. The number of carbonyl (C=O) groups excluding carboxylic acids is 1. The maximum atomic E-state index is 12.5. The van der Waals surface area contributed by atoms with Crippen molar-refractivity contribution in [2.75, 3.05) is 7.05 Å². The van der Waals surface area contributed by atoms with Gasteiger partial charge in [-0.15, -0.1) is 0 Å². The molecule has 0 aliphatic rings. The van der Waals surface area contributed by atoms with E-state index in [0.717, 1.165) is 17.7 Å². The van der Waals surface area contributed by atoms with E-state index >= 15 is 0 Å². The minimum Gasteiger partial charge on any atom is -0.340 e. The second kappa shape index (κ2) is 7.49. The van der Waals surface area contributed by atoms with E-state index in [-0.39, 0.29) is 12.3 Å². The molecule has 2 aromatic rings. The van der Waals surface area contributed by atoms with E-state index in [0.29, 0.717) is 12.1 Å². The monoisotopic (exact) mass is 336 g/mol. The molecule has 0 spiro atoms. The van der Waals surface area contributed by atoms with Crippen molar-refractivity contribution >= 4 is 5.91 Å². The summed E-state index contributed by atoms with van der Waals surface area (Å²) in [6.07, 6.45) is -4.18. The SMILES string of the molecule is CN(Cc1ccccc1)C(=O)[C@@H](N)Cc1ccc(C(F)(F)F)cc1. The number of likely N-dealkylation sites (N-methyl/N-ethyl adjacent to an activating group) is 1. The first kappa shape index (κ1) is 18.0. The molecule has 0 saturated heterocycles. The van der Waals surface area contributed by atoms with Crippen molar-refractivity contribution in [1.82, 2.24) is 4.90 Å². The average molecular weight is 336 g/mol. The van der Waals surface area contributed by atoms with Crippen LogP contribution in [0.15, 0.2) is 54.6 Å². The van der Waals surface area contributed by atoms with Crippen molar-refractivity contribution in [2.45, 2.75) is 25.2 Å². The third-order valence-corrected chi connectivity index (χ3v) is 3.69. The molecular weight excluding hydrogens is 317 g/mol. The molecule has 2 rings (SSSR count). The third-order valence-electron chi connectivity index (χ3n) is 3.69. The van der Waals surface area contributed by atoms with Gasteiger partial charge in [0, 0.05) is 13.6 Å². The van der Waals surface area contributed by atoms with Gasteiger partial charge in [-0.1, -0.05) is 42.5 Å². The highest BCUT2D eigenvalue weighted by atomic mass is 19.4. The Morgan fingerprint density at radius 1 is 1.04 bits per heavy atom. The number of nitrogens with two attached hydrogens (primary N) is 1. The zero-order valence-corrected chi connectivity index (χ0v) is 13.3. The van der Waals surface area contributed by atoms with Crippen LogP contribution in [0.5, 0.6) is 0 Å². The van der Waals surface area contributed by atoms with Crippen LogP contribution in [0.4, 0.5) is 13.2 Å². The van der Waals surface area contributed by atoms with Crippen molar-refractivity contribution < 1.29 is 18.0 Å². The Kier molecular flexibility index (Phi) is 5.62. The minimum atomic E-state index is -4.37. The van der Waals surface area contributed by atoms with E-state index in [1.54, 1.807) is 7.05 Å². The summed E-state index contributed by atoms with van der Waals surface area (Å²) in [6.45, 7) is 0.431. The molecule has 2 N–H and O–H groups in total. The zero-order chi connectivity index (χ0) is 17.7. The van der Waals surface area contributed by atoms with Gasteiger partial charge in [-0.3, -0.25) is 4.79 Å². The summed E-state index contributed by atoms with van der Waals surface area (Å²) >= 11 is 0. The molecule has 2 aromatic carbocycles. The van der Waals surface area contributed by atoms with Gasteiger partial charge in [0.25, 0.3) is 0 Å². The lowest BCUT2D eigenvalue weighted by Gasteiger charge is -2.21. The van der Waals surface area contributed by atoms with E-state index in [2.05, 4.69) is 0 Å². The van der Waals surface area contributed by atoms with Crippen LogP contribution in [0.1, 0.15) is 16.7 Å². The first-order valence-corrected chi connectivity index (χ1v) is 7.48. The van der Waals surface area contributed by atoms with Crippen molar-refractivity contribution in [2.24, 2.45) is 5.73 Å². The Bertz CT molecular complexity index is 669. The van der Waals surface area contributed by atoms with Gasteiger partial charge in [0.15, 0.2) is 0 Å². The summed E-state index contributed by atoms with van der Waals surface area (Å²) in [5, 5.41) is 0. The summed E-state index contributed by atoms with van der Waals surface area (Å²) in [5.41, 5.74) is 6.77. The van der Waals surface area contributed by atoms with Crippen molar-refractivity contribution in [3.8, 4) is 0 Å². The highest BCUT2D eigenvalue weighted by Gasteiger charge is 2.30. The van der Waals surface area contributed by atoms with E-state index in [1.165, 1.54) is 17.0 Å². The predicted molar refractivity (Wildman–Crippen MR) is 86.0 cm³/mol. The van der Waals surface area contributed by atoms with Gasteiger partial charge in [-0.2, -0.15) is 13.2 Å². The molecule has 0 aliphatic carbocycles. The number of benzene rings is 2. The fourth-order valence-corrected chi connectivity index (χ4v) is 2.39. The van der Waals surface area contributed by atoms with Crippen LogP contribution < -0.4 is 5.73 Å². The number of rotatable bonds is 5. The number of carbonyl (C=O) groups is 1. The lowest BCUT2D eigenvalue weighted by molar-refractivity contribution is -0.137. The van der Waals surface area contributed by atoms with Crippen LogP contribution in [0.2, 0.25) is 0 Å². The fourth-order valence-electron chi connectivity index (χ4n) is 2.39. The number of nitrogens with zero attached hydrogens (tertiary/aromatic N) is 1. The lowest BCUT2D eigenvalue weighted by Crippen LogP contribution is -2.42. The van der Waals surface area contributed by atoms with Gasteiger partial charge in [0.05, 0.1) is 11.6 Å². The summed E-state index contributed by atoms with van der Waals surface area (Å²) in [5.74, 6) is -0.251. The average Bonchev–Trinajstić information content (AvgIpc) is 2.54. The van der Waals surface area contributed by atoms with Gasteiger partial charge in [-0.25, -0.2) is 0 Å². The summed E-state index contributed by atoms with van der Waals surface area (Å²) in [7, 11) is 1.65. The number of alkyl halides is 3. The van der Waals surface area contributed by atoms with E-state index in [4.69, 9.17) is 5.73 Å². The van der Waals surface area contributed by atoms with Gasteiger partial charge >= 0.3 is 6.18 Å². The van der Waals surface area contributed by atoms with Gasteiger partial charge in [-0.05, 0) is 29.7 Å². The molecule has 1 amide bonds. The first-order chi connectivity index (χ1) is 11.3. The van der Waals surface area contributed by atoms with Crippen LogP contribution >= 0.6 is 0 Å². The second-order valence-electron chi connectivity index (χ2n) is 5.69. The highest BCUT2D eigenvalue weighted by molar-refractivity contribution is 5.81. The molecule has 6 heteroatoms. The fraction of sp³-hybridized carbons (Fsp3) is 0.278. The number of hydrogen-bond acceptors (Lipinski definition) is 2. The van der Waals surface area contributed by atoms with Crippen LogP contribution in [0, 0.1) is 0 Å². The quantitative estimate of drug-likeness (QED) is 0.911. The Morgan fingerprint density at radius 3 is 2.17 bits per heavy atom. The molecule has 0 unspecified atom stereocenters. The van der Waals surface area contributed by atoms with Crippen LogP contribution in [0.25, 0.3) is 0 Å². The highest BCUT2D eigenvalue weighted by Crippen LogP contribution is 2.29. The zero-order valence-electron chi connectivity index (χ0n) is 13.3. The largest absolute Gasteiger partial charge is 0.416 e. The van der Waals surface area contributed by atoms with Crippen molar-refractivity contribution in [3.05, 3.63) is 71.3 Å². The Balaban J connectivity index is 1.96. The molecule has 0 bridgehead atoms. The van der Waals surface area contributed by atoms with Gasteiger partial charge in [0.1, 0.15) is 0 Å². The normalized spacial score (nSPS) is 12.7. The standard InChI is InChI=1S/C18H19F3N2O/c1-23(12-14-5-3-2-4-6-14)17(24)16(22)11-13-7-9-15(10-8-13)18(19,20)21/h2-10,16H,11-12,22H2,1H3/t16-/m0/s1. The van der Waals surface area contributed by atoms with Gasteiger partial charge < -0.3 is 10.6 Å². The maximum Gasteiger partial charge on any atom is 0.416 e. The molecule has 24 heavy (non-hydrogen) atoms. The van der Waals surface area contributed by atoms with Crippen molar-refractivity contribution in [3.63, 3.8) is 0 Å². The maximum absolute atomic E-state index is 12.5. The third kappa shape index (κ3) is 4.83. The number of hydrogen-bond donors (Lipinski definition) is 1. The minimum absolute atomic E-state index is 0.191. The van der Waals surface area contributed by atoms with Crippen molar-refractivity contribution in [1.29, 1.82) is 0 Å². The van der Waals surface area contributed by atoms with E-state index in [1.807, 2.05) is 30.3 Å². The van der Waals surface area contributed by atoms with E-state index in [9.17, 15) is 18.0 Å². The molecule has 3 nitrogen and oxygen atoms in total. The molecule has 0 radical (unpaired) electrons. The molecular formula is C18H19F3N2O. The molecule has 0 aromatic heterocycles.